The molecule has 3 rings (SSSR count). The fourth-order valence-electron chi connectivity index (χ4n) is 2.60. The SMILES string of the molecule is Cn1cc(C(=O)O)c(=O)c2c(-c3ccccc3)ccc(Cl)c21. The highest BCUT2D eigenvalue weighted by molar-refractivity contribution is 6.35. The van der Waals surface area contributed by atoms with Crippen molar-refractivity contribution in [2.45, 2.75) is 0 Å². The van der Waals surface area contributed by atoms with Crippen molar-refractivity contribution in [1.82, 2.24) is 4.57 Å². The molecule has 1 heterocycles. The molecule has 1 N–H and O–H groups in total. The van der Waals surface area contributed by atoms with Gasteiger partial charge in [0.15, 0.2) is 0 Å². The largest absolute Gasteiger partial charge is 0.477 e. The Labute approximate surface area is 131 Å². The second kappa shape index (κ2) is 5.31. The summed E-state index contributed by atoms with van der Waals surface area (Å²) in [6.07, 6.45) is 1.30. The number of carboxylic acid groups (broad SMARTS) is 1. The number of halogens is 1. The van der Waals surface area contributed by atoms with Crippen LogP contribution in [-0.4, -0.2) is 15.6 Å². The van der Waals surface area contributed by atoms with Crippen LogP contribution in [0.4, 0.5) is 0 Å². The van der Waals surface area contributed by atoms with Crippen molar-refractivity contribution in [3.05, 3.63) is 69.5 Å². The summed E-state index contributed by atoms with van der Waals surface area (Å²) in [5.41, 5.74) is 1.24. The molecule has 1 aromatic heterocycles. The zero-order valence-corrected chi connectivity index (χ0v) is 12.5. The topological polar surface area (TPSA) is 59.3 Å². The highest BCUT2D eigenvalue weighted by Gasteiger charge is 2.18. The number of benzene rings is 2. The van der Waals surface area contributed by atoms with E-state index in [1.54, 1.807) is 23.7 Å². The van der Waals surface area contributed by atoms with Gasteiger partial charge in [0.05, 0.1) is 15.9 Å². The number of hydrogen-bond acceptors (Lipinski definition) is 2. The molecule has 2 aromatic carbocycles. The van der Waals surface area contributed by atoms with E-state index in [4.69, 9.17) is 11.6 Å². The Morgan fingerprint density at radius 1 is 1.14 bits per heavy atom. The van der Waals surface area contributed by atoms with E-state index in [-0.39, 0.29) is 5.56 Å². The molecule has 0 fully saturated rings. The maximum atomic E-state index is 12.6. The van der Waals surface area contributed by atoms with E-state index in [0.29, 0.717) is 21.5 Å². The first-order chi connectivity index (χ1) is 10.5. The maximum absolute atomic E-state index is 12.6. The van der Waals surface area contributed by atoms with Gasteiger partial charge < -0.3 is 9.67 Å². The van der Waals surface area contributed by atoms with E-state index in [0.717, 1.165) is 5.56 Å². The third-order valence-corrected chi connectivity index (χ3v) is 3.90. The second-order valence-corrected chi connectivity index (χ2v) is 5.38. The molecule has 0 aliphatic heterocycles. The van der Waals surface area contributed by atoms with Crippen LogP contribution in [0.3, 0.4) is 0 Å². The number of rotatable bonds is 2. The minimum absolute atomic E-state index is 0.269. The summed E-state index contributed by atoms with van der Waals surface area (Å²) in [6, 6.07) is 12.8. The Hall–Kier alpha value is -2.59. The molecule has 0 amide bonds. The van der Waals surface area contributed by atoms with E-state index < -0.39 is 11.4 Å². The van der Waals surface area contributed by atoms with Crippen LogP contribution in [0.25, 0.3) is 22.0 Å². The Kier molecular flexibility index (Phi) is 3.47. The lowest BCUT2D eigenvalue weighted by Crippen LogP contribution is -2.18. The number of pyridine rings is 1. The van der Waals surface area contributed by atoms with Crippen LogP contribution in [-0.2, 0) is 7.05 Å². The highest BCUT2D eigenvalue weighted by atomic mass is 35.5. The van der Waals surface area contributed by atoms with Crippen molar-refractivity contribution in [1.29, 1.82) is 0 Å². The normalized spacial score (nSPS) is 10.8. The number of nitrogens with zero attached hydrogens (tertiary/aromatic N) is 1. The fraction of sp³-hybridized carbons (Fsp3) is 0.0588. The predicted molar refractivity (Wildman–Crippen MR) is 86.6 cm³/mol. The average Bonchev–Trinajstić information content (AvgIpc) is 2.51. The number of carbonyl (C=O) groups is 1. The smallest absolute Gasteiger partial charge is 0.341 e. The molecule has 0 spiro atoms. The zero-order chi connectivity index (χ0) is 15.9. The monoisotopic (exact) mass is 313 g/mol. The third kappa shape index (κ3) is 2.18. The number of aromatic carboxylic acids is 1. The summed E-state index contributed by atoms with van der Waals surface area (Å²) in [5, 5.41) is 9.96. The van der Waals surface area contributed by atoms with Crippen molar-refractivity contribution < 1.29 is 9.90 Å². The van der Waals surface area contributed by atoms with Crippen molar-refractivity contribution in [2.24, 2.45) is 7.05 Å². The molecular formula is C17H12ClNO3. The summed E-state index contributed by atoms with van der Waals surface area (Å²) in [6.45, 7) is 0. The lowest BCUT2D eigenvalue weighted by Gasteiger charge is -2.12. The molecule has 110 valence electrons. The first-order valence-electron chi connectivity index (χ1n) is 6.61. The highest BCUT2D eigenvalue weighted by Crippen LogP contribution is 2.31. The zero-order valence-electron chi connectivity index (χ0n) is 11.7. The lowest BCUT2D eigenvalue weighted by molar-refractivity contribution is 0.0695. The van der Waals surface area contributed by atoms with E-state index in [1.165, 1.54) is 6.20 Å². The molecule has 4 nitrogen and oxygen atoms in total. The Morgan fingerprint density at radius 3 is 2.45 bits per heavy atom. The van der Waals surface area contributed by atoms with Gasteiger partial charge in [-0.2, -0.15) is 0 Å². The van der Waals surface area contributed by atoms with Gasteiger partial charge in [-0.1, -0.05) is 48.0 Å². The van der Waals surface area contributed by atoms with E-state index in [9.17, 15) is 14.7 Å². The van der Waals surface area contributed by atoms with Crippen molar-refractivity contribution in [2.75, 3.05) is 0 Å². The van der Waals surface area contributed by atoms with Crippen LogP contribution in [0.15, 0.2) is 53.5 Å². The number of carboxylic acids is 1. The van der Waals surface area contributed by atoms with E-state index >= 15 is 0 Å². The van der Waals surface area contributed by atoms with Crippen molar-refractivity contribution in [3.8, 4) is 11.1 Å². The predicted octanol–water partition coefficient (Wildman–Crippen LogP) is 3.56. The summed E-state index contributed by atoms with van der Waals surface area (Å²) in [5.74, 6) is -1.25. The molecule has 0 bridgehead atoms. The van der Waals surface area contributed by atoms with Crippen LogP contribution in [0, 0.1) is 0 Å². The fourth-order valence-corrected chi connectivity index (χ4v) is 2.89. The first kappa shape index (κ1) is 14.4. The standard InChI is InChI=1S/C17H12ClNO3/c1-19-9-12(17(21)22)16(20)14-11(7-8-13(18)15(14)19)10-5-3-2-4-6-10/h2-9H,1H3,(H,21,22). The van der Waals surface area contributed by atoms with E-state index in [2.05, 4.69) is 0 Å². The molecular weight excluding hydrogens is 302 g/mol. The number of fused-ring (bicyclic) bond motifs is 1. The second-order valence-electron chi connectivity index (χ2n) is 4.97. The third-order valence-electron chi connectivity index (χ3n) is 3.59. The van der Waals surface area contributed by atoms with Crippen LogP contribution in [0.5, 0.6) is 0 Å². The quantitative estimate of drug-likeness (QED) is 0.787. The van der Waals surface area contributed by atoms with Gasteiger partial charge in [0, 0.05) is 13.2 Å². The molecule has 0 saturated carbocycles. The van der Waals surface area contributed by atoms with Gasteiger partial charge in [-0.05, 0) is 17.2 Å². The molecule has 22 heavy (non-hydrogen) atoms. The van der Waals surface area contributed by atoms with Gasteiger partial charge in [0.2, 0.25) is 5.43 Å². The summed E-state index contributed by atoms with van der Waals surface area (Å²) in [7, 11) is 1.68. The van der Waals surface area contributed by atoms with Crippen molar-refractivity contribution >= 4 is 28.5 Å². The molecule has 0 unspecified atom stereocenters. The Morgan fingerprint density at radius 2 is 1.82 bits per heavy atom. The number of hydrogen-bond donors (Lipinski definition) is 1. The summed E-state index contributed by atoms with van der Waals surface area (Å²) < 4.78 is 1.58. The molecule has 0 radical (unpaired) electrons. The van der Waals surface area contributed by atoms with Gasteiger partial charge >= 0.3 is 5.97 Å². The lowest BCUT2D eigenvalue weighted by atomic mass is 9.99. The van der Waals surface area contributed by atoms with Crippen LogP contribution < -0.4 is 5.43 Å². The number of aromatic nitrogens is 1. The van der Waals surface area contributed by atoms with E-state index in [1.807, 2.05) is 30.3 Å². The minimum Gasteiger partial charge on any atom is -0.477 e. The maximum Gasteiger partial charge on any atom is 0.341 e. The van der Waals surface area contributed by atoms with Gasteiger partial charge in [0.25, 0.3) is 0 Å². The van der Waals surface area contributed by atoms with Gasteiger partial charge in [0.1, 0.15) is 5.56 Å². The van der Waals surface area contributed by atoms with Crippen LogP contribution in [0.1, 0.15) is 10.4 Å². The molecule has 0 saturated heterocycles. The number of aryl methyl sites for hydroxylation is 1. The van der Waals surface area contributed by atoms with Gasteiger partial charge in [-0.3, -0.25) is 4.79 Å². The molecule has 0 aliphatic rings. The Bertz CT molecular complexity index is 946. The van der Waals surface area contributed by atoms with Gasteiger partial charge in [-0.15, -0.1) is 0 Å². The Balaban J connectivity index is 2.53. The molecule has 3 aromatic rings. The van der Waals surface area contributed by atoms with Crippen LogP contribution in [0.2, 0.25) is 5.02 Å². The van der Waals surface area contributed by atoms with Crippen LogP contribution >= 0.6 is 11.6 Å². The molecule has 5 heteroatoms. The van der Waals surface area contributed by atoms with Crippen molar-refractivity contribution in [3.63, 3.8) is 0 Å². The molecule has 0 atom stereocenters. The summed E-state index contributed by atoms with van der Waals surface area (Å²) in [4.78, 5) is 23.9. The first-order valence-corrected chi connectivity index (χ1v) is 6.99. The van der Waals surface area contributed by atoms with Gasteiger partial charge in [-0.25, -0.2) is 4.79 Å². The molecule has 0 aliphatic carbocycles. The summed E-state index contributed by atoms with van der Waals surface area (Å²) >= 11 is 6.22. The average molecular weight is 314 g/mol. The minimum atomic E-state index is -1.25.